The monoisotopic (exact) mass is 281 g/mol. The lowest BCUT2D eigenvalue weighted by atomic mass is 10.1. The van der Waals surface area contributed by atoms with Gasteiger partial charge in [-0.05, 0) is 33.8 Å². The molecule has 1 aromatic rings. The molecule has 0 aliphatic rings. The van der Waals surface area contributed by atoms with Gasteiger partial charge in [-0.2, -0.15) is 0 Å². The Labute approximate surface area is 119 Å². The fourth-order valence-electron chi connectivity index (χ4n) is 1.49. The minimum Gasteiger partial charge on any atom is -0.351 e. The van der Waals surface area contributed by atoms with Gasteiger partial charge in [0.2, 0.25) is 5.91 Å². The maximum absolute atomic E-state index is 11.8. The molecular weight excluding hydrogens is 258 g/mol. The molecule has 1 amide bonds. The fourth-order valence-corrected chi connectivity index (χ4v) is 2.25. The molecule has 1 heterocycles. The number of nitrogens with zero attached hydrogens (tertiary/aromatic N) is 2. The van der Waals surface area contributed by atoms with Gasteiger partial charge in [0.15, 0.2) is 0 Å². The average molecular weight is 281 g/mol. The lowest BCUT2D eigenvalue weighted by Gasteiger charge is -2.20. The number of hydrogen-bond donors (Lipinski definition) is 1. The first-order chi connectivity index (χ1) is 8.67. The highest BCUT2D eigenvalue weighted by Gasteiger charge is 2.14. The van der Waals surface area contributed by atoms with Gasteiger partial charge in [-0.3, -0.25) is 4.79 Å². The molecule has 19 heavy (non-hydrogen) atoms. The molecule has 1 aromatic heterocycles. The van der Waals surface area contributed by atoms with Gasteiger partial charge < -0.3 is 5.32 Å². The van der Waals surface area contributed by atoms with Crippen molar-refractivity contribution in [3.63, 3.8) is 0 Å². The molecule has 0 saturated heterocycles. The van der Waals surface area contributed by atoms with Crippen molar-refractivity contribution in [3.8, 4) is 0 Å². The second-order valence-electron chi connectivity index (χ2n) is 5.95. The average Bonchev–Trinajstić information content (AvgIpc) is 2.23. The molecule has 0 radical (unpaired) electrons. The molecular formula is C14H23N3OS. The maximum atomic E-state index is 11.8. The quantitative estimate of drug-likeness (QED) is 0.681. The Hall–Kier alpha value is -1.10. The number of aryl methyl sites for hydroxylation is 1. The molecule has 0 fully saturated rings. The van der Waals surface area contributed by atoms with Crippen LogP contribution in [-0.4, -0.2) is 27.2 Å². The first-order valence-corrected chi connectivity index (χ1v) is 7.45. The Morgan fingerprint density at radius 1 is 1.37 bits per heavy atom. The predicted molar refractivity (Wildman–Crippen MR) is 79.5 cm³/mol. The van der Waals surface area contributed by atoms with E-state index in [4.69, 9.17) is 0 Å². The van der Waals surface area contributed by atoms with E-state index in [1.165, 1.54) is 11.8 Å². The Balaban J connectivity index is 2.65. The molecule has 1 N–H and O–H groups in total. The van der Waals surface area contributed by atoms with Crippen molar-refractivity contribution in [2.75, 3.05) is 5.75 Å². The van der Waals surface area contributed by atoms with E-state index < -0.39 is 0 Å². The number of nitrogens with one attached hydrogen (secondary N) is 1. The number of carbonyl (C=O) groups is 1. The van der Waals surface area contributed by atoms with E-state index in [1.807, 2.05) is 33.8 Å². The normalized spacial score (nSPS) is 11.7. The van der Waals surface area contributed by atoms with E-state index in [9.17, 15) is 4.79 Å². The third kappa shape index (κ3) is 6.05. The van der Waals surface area contributed by atoms with Gasteiger partial charge in [-0.1, -0.05) is 25.6 Å². The van der Waals surface area contributed by atoms with Crippen LogP contribution in [0.15, 0.2) is 11.1 Å². The SMILES string of the molecule is Cc1cc(SCC(=O)NC(C)(C)C)nc(C(C)C)n1. The molecule has 0 bridgehead atoms. The predicted octanol–water partition coefficient (Wildman–Crippen LogP) is 2.92. The van der Waals surface area contributed by atoms with Crippen LogP contribution in [0.4, 0.5) is 0 Å². The summed E-state index contributed by atoms with van der Waals surface area (Å²) >= 11 is 1.45. The molecule has 0 aliphatic carbocycles. The van der Waals surface area contributed by atoms with Gasteiger partial charge >= 0.3 is 0 Å². The second-order valence-corrected chi connectivity index (χ2v) is 6.94. The third-order valence-corrected chi connectivity index (χ3v) is 3.14. The largest absolute Gasteiger partial charge is 0.351 e. The first-order valence-electron chi connectivity index (χ1n) is 6.47. The van der Waals surface area contributed by atoms with Crippen LogP contribution in [0.3, 0.4) is 0 Å². The smallest absolute Gasteiger partial charge is 0.230 e. The van der Waals surface area contributed by atoms with Crippen LogP contribution in [0.1, 0.15) is 52.1 Å². The summed E-state index contributed by atoms with van der Waals surface area (Å²) in [6.45, 7) is 12.0. The lowest BCUT2D eigenvalue weighted by molar-refractivity contribution is -0.119. The number of hydrogen-bond acceptors (Lipinski definition) is 4. The molecule has 1 rings (SSSR count). The summed E-state index contributed by atoms with van der Waals surface area (Å²) in [6, 6.07) is 1.92. The Morgan fingerprint density at radius 2 is 2.00 bits per heavy atom. The highest BCUT2D eigenvalue weighted by Crippen LogP contribution is 2.19. The minimum absolute atomic E-state index is 0.0277. The van der Waals surface area contributed by atoms with E-state index in [2.05, 4.69) is 29.1 Å². The van der Waals surface area contributed by atoms with Crippen LogP contribution in [0.2, 0.25) is 0 Å². The Morgan fingerprint density at radius 3 is 2.53 bits per heavy atom. The molecule has 106 valence electrons. The van der Waals surface area contributed by atoms with E-state index >= 15 is 0 Å². The molecule has 0 atom stereocenters. The second kappa shape index (κ2) is 6.37. The van der Waals surface area contributed by atoms with E-state index in [1.54, 1.807) is 0 Å². The first kappa shape index (κ1) is 16.0. The summed E-state index contributed by atoms with van der Waals surface area (Å²) in [7, 11) is 0. The van der Waals surface area contributed by atoms with Crippen molar-refractivity contribution < 1.29 is 4.79 Å². The van der Waals surface area contributed by atoms with E-state index in [0.717, 1.165) is 16.5 Å². The maximum Gasteiger partial charge on any atom is 0.230 e. The van der Waals surface area contributed by atoms with Crippen molar-refractivity contribution >= 4 is 17.7 Å². The number of aromatic nitrogens is 2. The third-order valence-electron chi connectivity index (χ3n) is 2.23. The fraction of sp³-hybridized carbons (Fsp3) is 0.643. The van der Waals surface area contributed by atoms with Gasteiger partial charge in [0.25, 0.3) is 0 Å². The molecule has 5 heteroatoms. The van der Waals surface area contributed by atoms with E-state index in [0.29, 0.717) is 11.7 Å². The number of carbonyl (C=O) groups excluding carboxylic acids is 1. The summed E-state index contributed by atoms with van der Waals surface area (Å²) in [5.74, 6) is 1.53. The van der Waals surface area contributed by atoms with E-state index in [-0.39, 0.29) is 11.4 Å². The number of amides is 1. The molecule has 0 spiro atoms. The van der Waals surface area contributed by atoms with Gasteiger partial charge in [0.05, 0.1) is 5.75 Å². The summed E-state index contributed by atoms with van der Waals surface area (Å²) in [6.07, 6.45) is 0. The number of rotatable bonds is 4. The van der Waals surface area contributed by atoms with Gasteiger partial charge in [0.1, 0.15) is 10.9 Å². The molecule has 0 aromatic carbocycles. The van der Waals surface area contributed by atoms with Crippen LogP contribution in [-0.2, 0) is 4.79 Å². The molecule has 0 saturated carbocycles. The summed E-state index contributed by atoms with van der Waals surface area (Å²) in [5, 5.41) is 3.80. The lowest BCUT2D eigenvalue weighted by Crippen LogP contribution is -2.41. The van der Waals surface area contributed by atoms with Crippen molar-refractivity contribution in [1.29, 1.82) is 0 Å². The summed E-state index contributed by atoms with van der Waals surface area (Å²) in [5.41, 5.74) is 0.750. The molecule has 0 unspecified atom stereocenters. The van der Waals surface area contributed by atoms with Crippen LogP contribution in [0, 0.1) is 6.92 Å². The van der Waals surface area contributed by atoms with Crippen LogP contribution < -0.4 is 5.32 Å². The van der Waals surface area contributed by atoms with Gasteiger partial charge in [-0.25, -0.2) is 9.97 Å². The van der Waals surface area contributed by atoms with Crippen molar-refractivity contribution in [2.45, 2.75) is 58.0 Å². The zero-order valence-corrected chi connectivity index (χ0v) is 13.4. The highest BCUT2D eigenvalue weighted by atomic mass is 32.2. The van der Waals surface area contributed by atoms with Gasteiger partial charge in [-0.15, -0.1) is 0 Å². The topological polar surface area (TPSA) is 54.9 Å². The van der Waals surface area contributed by atoms with Crippen LogP contribution in [0.25, 0.3) is 0 Å². The highest BCUT2D eigenvalue weighted by molar-refractivity contribution is 7.99. The number of thioether (sulfide) groups is 1. The van der Waals surface area contributed by atoms with Crippen LogP contribution >= 0.6 is 11.8 Å². The van der Waals surface area contributed by atoms with Crippen LogP contribution in [0.5, 0.6) is 0 Å². The summed E-state index contributed by atoms with van der Waals surface area (Å²) in [4.78, 5) is 20.6. The zero-order chi connectivity index (χ0) is 14.6. The van der Waals surface area contributed by atoms with Crippen molar-refractivity contribution in [3.05, 3.63) is 17.6 Å². The van der Waals surface area contributed by atoms with Crippen molar-refractivity contribution in [2.24, 2.45) is 0 Å². The minimum atomic E-state index is -0.192. The Kier molecular flexibility index (Phi) is 5.35. The standard InChI is InChI=1S/C14H23N3OS/c1-9(2)13-15-10(3)7-12(16-13)19-8-11(18)17-14(4,5)6/h7,9H,8H2,1-6H3,(H,17,18). The molecule has 4 nitrogen and oxygen atoms in total. The summed E-state index contributed by atoms with van der Waals surface area (Å²) < 4.78 is 0. The Bertz CT molecular complexity index is 452. The van der Waals surface area contributed by atoms with Gasteiger partial charge in [0, 0.05) is 17.2 Å². The molecule has 0 aliphatic heterocycles. The van der Waals surface area contributed by atoms with Crippen molar-refractivity contribution in [1.82, 2.24) is 15.3 Å². The zero-order valence-electron chi connectivity index (χ0n) is 12.6.